The Balaban J connectivity index is 1.45. The van der Waals surface area contributed by atoms with Gasteiger partial charge in [0.25, 0.3) is 5.69 Å². The summed E-state index contributed by atoms with van der Waals surface area (Å²) >= 11 is 0. The maximum Gasteiger partial charge on any atom is 0.292 e. The molecule has 0 aliphatic carbocycles. The van der Waals surface area contributed by atoms with Crippen LogP contribution in [0, 0.1) is 10.1 Å². The molecule has 0 amide bonds. The van der Waals surface area contributed by atoms with E-state index in [1.807, 2.05) is 29.1 Å². The monoisotopic (exact) mass is 349 g/mol. The van der Waals surface area contributed by atoms with Gasteiger partial charge in [0.1, 0.15) is 5.69 Å². The van der Waals surface area contributed by atoms with Gasteiger partial charge in [-0.25, -0.2) is 4.68 Å². The fraction of sp³-hybridized carbons (Fsp3) is 0.211. The fourth-order valence-electron chi connectivity index (χ4n) is 3.30. The highest BCUT2D eigenvalue weighted by Crippen LogP contribution is 2.36. The standard InChI is InChI=1S/C19H19N5O2/c25-24(26)18-7-6-17-16(9-12-20-17)19(18)21-11-8-14-2-4-15(5-3-14)23-13-1-10-22-23/h1-7,10,13,20-21H,8-9,11-12H2. The molecule has 26 heavy (non-hydrogen) atoms. The molecule has 7 nitrogen and oxygen atoms in total. The Kier molecular flexibility index (Phi) is 4.27. The SMILES string of the molecule is O=[N+]([O-])c1ccc2c(c1NCCc1ccc(-n3cccn3)cc1)CCN2. The largest absolute Gasteiger partial charge is 0.384 e. The van der Waals surface area contributed by atoms with E-state index in [0.29, 0.717) is 12.2 Å². The minimum atomic E-state index is -0.320. The molecule has 7 heteroatoms. The lowest BCUT2D eigenvalue weighted by Crippen LogP contribution is -2.09. The lowest BCUT2D eigenvalue weighted by Gasteiger charge is -2.12. The molecule has 0 fully saturated rings. The number of hydrogen-bond acceptors (Lipinski definition) is 5. The molecule has 0 atom stereocenters. The number of aromatic nitrogens is 2. The average molecular weight is 349 g/mol. The molecule has 1 aliphatic rings. The van der Waals surface area contributed by atoms with Crippen LogP contribution in [0.25, 0.3) is 5.69 Å². The molecule has 2 heterocycles. The summed E-state index contributed by atoms with van der Waals surface area (Å²) in [7, 11) is 0. The van der Waals surface area contributed by atoms with Gasteiger partial charge in [0.15, 0.2) is 0 Å². The quantitative estimate of drug-likeness (QED) is 0.526. The van der Waals surface area contributed by atoms with Gasteiger partial charge in [-0.05, 0) is 42.7 Å². The fourth-order valence-corrected chi connectivity index (χ4v) is 3.30. The third kappa shape index (κ3) is 3.11. The van der Waals surface area contributed by atoms with Gasteiger partial charge >= 0.3 is 0 Å². The van der Waals surface area contributed by atoms with E-state index in [2.05, 4.69) is 27.9 Å². The van der Waals surface area contributed by atoms with Gasteiger partial charge in [-0.3, -0.25) is 10.1 Å². The summed E-state index contributed by atoms with van der Waals surface area (Å²) in [4.78, 5) is 11.0. The Bertz CT molecular complexity index is 920. The highest BCUT2D eigenvalue weighted by Gasteiger charge is 2.23. The van der Waals surface area contributed by atoms with Crippen LogP contribution in [0.1, 0.15) is 11.1 Å². The van der Waals surface area contributed by atoms with Crippen molar-refractivity contribution in [3.05, 3.63) is 76.1 Å². The van der Waals surface area contributed by atoms with Crippen molar-refractivity contribution < 1.29 is 4.92 Å². The van der Waals surface area contributed by atoms with E-state index >= 15 is 0 Å². The van der Waals surface area contributed by atoms with Crippen molar-refractivity contribution in [1.29, 1.82) is 0 Å². The van der Waals surface area contributed by atoms with Crippen LogP contribution in [0.4, 0.5) is 17.1 Å². The normalized spacial score (nSPS) is 12.5. The van der Waals surface area contributed by atoms with E-state index < -0.39 is 0 Å². The Hall–Kier alpha value is -3.35. The predicted octanol–water partition coefficient (Wildman–Crippen LogP) is 3.40. The zero-order valence-electron chi connectivity index (χ0n) is 14.2. The van der Waals surface area contributed by atoms with Gasteiger partial charge in [0, 0.05) is 42.8 Å². The summed E-state index contributed by atoms with van der Waals surface area (Å²) < 4.78 is 1.81. The predicted molar refractivity (Wildman–Crippen MR) is 101 cm³/mol. The summed E-state index contributed by atoms with van der Waals surface area (Å²) in [6.45, 7) is 1.46. The molecule has 2 aromatic carbocycles. The first kappa shape index (κ1) is 16.1. The van der Waals surface area contributed by atoms with Crippen molar-refractivity contribution in [1.82, 2.24) is 9.78 Å². The number of hydrogen-bond donors (Lipinski definition) is 2. The van der Waals surface area contributed by atoms with Crippen molar-refractivity contribution in [2.75, 3.05) is 23.7 Å². The Morgan fingerprint density at radius 2 is 2.08 bits per heavy atom. The lowest BCUT2D eigenvalue weighted by atomic mass is 10.1. The molecule has 0 saturated carbocycles. The van der Waals surface area contributed by atoms with Crippen molar-refractivity contribution in [3.8, 4) is 5.69 Å². The summed E-state index contributed by atoms with van der Waals surface area (Å²) in [5, 5.41) is 22.1. The molecule has 0 spiro atoms. The zero-order chi connectivity index (χ0) is 17.9. The van der Waals surface area contributed by atoms with Crippen LogP contribution >= 0.6 is 0 Å². The number of rotatable bonds is 6. The number of nitro groups is 1. The molecule has 1 aromatic heterocycles. The molecule has 1 aliphatic heterocycles. The summed E-state index contributed by atoms with van der Waals surface area (Å²) in [6, 6.07) is 13.4. The van der Waals surface area contributed by atoms with Gasteiger partial charge in [-0.15, -0.1) is 0 Å². The van der Waals surface area contributed by atoms with Crippen molar-refractivity contribution in [2.24, 2.45) is 0 Å². The van der Waals surface area contributed by atoms with Crippen LogP contribution in [-0.4, -0.2) is 27.8 Å². The topological polar surface area (TPSA) is 85.0 Å². The number of fused-ring (bicyclic) bond motifs is 1. The van der Waals surface area contributed by atoms with E-state index in [9.17, 15) is 10.1 Å². The van der Waals surface area contributed by atoms with Crippen LogP contribution in [0.3, 0.4) is 0 Å². The van der Waals surface area contributed by atoms with Crippen LogP contribution in [0.15, 0.2) is 54.9 Å². The van der Waals surface area contributed by atoms with Crippen molar-refractivity contribution in [2.45, 2.75) is 12.8 Å². The van der Waals surface area contributed by atoms with E-state index in [-0.39, 0.29) is 10.6 Å². The molecule has 0 bridgehead atoms. The molecule has 0 unspecified atom stereocenters. The van der Waals surface area contributed by atoms with Crippen molar-refractivity contribution >= 4 is 17.1 Å². The average Bonchev–Trinajstić information content (AvgIpc) is 3.34. The van der Waals surface area contributed by atoms with E-state index in [4.69, 9.17) is 0 Å². The Morgan fingerprint density at radius 3 is 2.81 bits per heavy atom. The highest BCUT2D eigenvalue weighted by molar-refractivity contribution is 5.77. The molecule has 0 saturated heterocycles. The maximum atomic E-state index is 11.3. The van der Waals surface area contributed by atoms with Gasteiger partial charge in [-0.2, -0.15) is 5.10 Å². The first-order valence-corrected chi connectivity index (χ1v) is 8.59. The Morgan fingerprint density at radius 1 is 1.23 bits per heavy atom. The van der Waals surface area contributed by atoms with E-state index in [1.165, 1.54) is 5.56 Å². The molecule has 4 rings (SSSR count). The second-order valence-electron chi connectivity index (χ2n) is 6.21. The minimum absolute atomic E-state index is 0.140. The van der Waals surface area contributed by atoms with Crippen LogP contribution in [0.5, 0.6) is 0 Å². The van der Waals surface area contributed by atoms with Crippen LogP contribution in [-0.2, 0) is 12.8 Å². The van der Waals surface area contributed by atoms with Gasteiger partial charge in [0.05, 0.1) is 10.6 Å². The van der Waals surface area contributed by atoms with Crippen LogP contribution in [0.2, 0.25) is 0 Å². The molecular weight excluding hydrogens is 330 g/mol. The van der Waals surface area contributed by atoms with E-state index in [0.717, 1.165) is 36.3 Å². The van der Waals surface area contributed by atoms with Crippen molar-refractivity contribution in [3.63, 3.8) is 0 Å². The Labute approximate surface area is 150 Å². The number of nitrogens with zero attached hydrogens (tertiary/aromatic N) is 3. The summed E-state index contributed by atoms with van der Waals surface area (Å²) in [6.07, 6.45) is 5.24. The second kappa shape index (κ2) is 6.87. The highest BCUT2D eigenvalue weighted by atomic mass is 16.6. The summed E-state index contributed by atoms with van der Waals surface area (Å²) in [5.74, 6) is 0. The molecule has 0 radical (unpaired) electrons. The van der Waals surface area contributed by atoms with Gasteiger partial charge in [-0.1, -0.05) is 12.1 Å². The van der Waals surface area contributed by atoms with Crippen LogP contribution < -0.4 is 10.6 Å². The van der Waals surface area contributed by atoms with Gasteiger partial charge in [0.2, 0.25) is 0 Å². The smallest absolute Gasteiger partial charge is 0.292 e. The number of anilines is 2. The molecule has 2 N–H and O–H groups in total. The van der Waals surface area contributed by atoms with E-state index in [1.54, 1.807) is 18.3 Å². The molecule has 3 aromatic rings. The molecule has 132 valence electrons. The zero-order valence-corrected chi connectivity index (χ0v) is 14.2. The number of nitro benzene ring substituents is 1. The third-order valence-electron chi connectivity index (χ3n) is 4.60. The molecular formula is C19H19N5O2. The van der Waals surface area contributed by atoms with Gasteiger partial charge < -0.3 is 10.6 Å². The third-order valence-corrected chi connectivity index (χ3v) is 4.60. The first-order chi connectivity index (χ1) is 12.7. The number of benzene rings is 2. The lowest BCUT2D eigenvalue weighted by molar-refractivity contribution is -0.384. The maximum absolute atomic E-state index is 11.3. The second-order valence-corrected chi connectivity index (χ2v) is 6.21. The first-order valence-electron chi connectivity index (χ1n) is 8.59. The summed E-state index contributed by atoms with van der Waals surface area (Å²) in [5.41, 5.74) is 4.96. The minimum Gasteiger partial charge on any atom is -0.384 e. The number of nitrogens with one attached hydrogen (secondary N) is 2.